The number of H-pyrrole nitrogens is 1. The van der Waals surface area contributed by atoms with Gasteiger partial charge in [0.1, 0.15) is 5.82 Å². The zero-order valence-electron chi connectivity index (χ0n) is 15.0. The second kappa shape index (κ2) is 7.91. The molecule has 1 amide bonds. The fourth-order valence-electron chi connectivity index (χ4n) is 3.33. The molecule has 1 aromatic heterocycles. The van der Waals surface area contributed by atoms with Gasteiger partial charge >= 0.3 is 0 Å². The van der Waals surface area contributed by atoms with Gasteiger partial charge in [-0.2, -0.15) is 0 Å². The molecule has 1 fully saturated rings. The van der Waals surface area contributed by atoms with Gasteiger partial charge in [0.15, 0.2) is 0 Å². The molecule has 4 rings (SSSR count). The van der Waals surface area contributed by atoms with E-state index in [0.29, 0.717) is 65.1 Å². The van der Waals surface area contributed by atoms with Crippen LogP contribution in [0.4, 0.5) is 0 Å². The average molecular weight is 417 g/mol. The van der Waals surface area contributed by atoms with Crippen molar-refractivity contribution in [3.8, 4) is 0 Å². The van der Waals surface area contributed by atoms with Crippen LogP contribution in [-0.2, 0) is 6.54 Å². The number of benzene rings is 2. The van der Waals surface area contributed by atoms with Gasteiger partial charge in [-0.25, -0.2) is 4.98 Å². The standard InChI is InChI=1S/C20H18Cl2N4O2/c21-14-3-1-13(2-4-14)20(28)26-9-7-25(8-10-26)12-18-23-17-6-5-15(22)11-16(17)19(27)24-18/h1-6,11H,7-10,12H2,(H,23,24,27). The van der Waals surface area contributed by atoms with Crippen molar-refractivity contribution in [1.29, 1.82) is 0 Å². The highest BCUT2D eigenvalue weighted by Gasteiger charge is 2.22. The van der Waals surface area contributed by atoms with Crippen molar-refractivity contribution in [1.82, 2.24) is 19.8 Å². The molecule has 0 saturated carbocycles. The molecule has 0 unspecified atom stereocenters. The van der Waals surface area contributed by atoms with Gasteiger partial charge in [-0.3, -0.25) is 14.5 Å². The van der Waals surface area contributed by atoms with Crippen LogP contribution in [0.25, 0.3) is 10.9 Å². The van der Waals surface area contributed by atoms with Crippen molar-refractivity contribution >= 4 is 40.0 Å². The number of hydrogen-bond acceptors (Lipinski definition) is 4. The third kappa shape index (κ3) is 4.04. The van der Waals surface area contributed by atoms with E-state index in [-0.39, 0.29) is 11.5 Å². The maximum Gasteiger partial charge on any atom is 0.258 e. The molecule has 144 valence electrons. The molecule has 0 bridgehead atoms. The molecule has 28 heavy (non-hydrogen) atoms. The molecule has 8 heteroatoms. The van der Waals surface area contributed by atoms with Gasteiger partial charge in [0.05, 0.1) is 17.4 Å². The number of nitrogens with one attached hydrogen (secondary N) is 1. The Morgan fingerprint density at radius 3 is 2.39 bits per heavy atom. The van der Waals surface area contributed by atoms with Crippen molar-refractivity contribution < 1.29 is 4.79 Å². The van der Waals surface area contributed by atoms with E-state index < -0.39 is 0 Å². The molecule has 2 aromatic carbocycles. The lowest BCUT2D eigenvalue weighted by Crippen LogP contribution is -2.48. The molecule has 0 atom stereocenters. The second-order valence-corrected chi connectivity index (χ2v) is 7.62. The van der Waals surface area contributed by atoms with Crippen LogP contribution in [0.15, 0.2) is 47.3 Å². The smallest absolute Gasteiger partial charge is 0.258 e. The molecular weight excluding hydrogens is 399 g/mol. The Kier molecular flexibility index (Phi) is 5.35. The number of nitrogens with zero attached hydrogens (tertiary/aromatic N) is 3. The Balaban J connectivity index is 1.41. The van der Waals surface area contributed by atoms with Crippen molar-refractivity contribution in [2.45, 2.75) is 6.54 Å². The molecule has 3 aromatic rings. The van der Waals surface area contributed by atoms with Crippen LogP contribution in [0.2, 0.25) is 10.0 Å². The Bertz CT molecular complexity index is 1070. The van der Waals surface area contributed by atoms with Gasteiger partial charge in [0, 0.05) is 41.8 Å². The number of halogens is 2. The van der Waals surface area contributed by atoms with E-state index in [1.165, 1.54) is 0 Å². The van der Waals surface area contributed by atoms with Gasteiger partial charge in [0.25, 0.3) is 11.5 Å². The number of aromatic amines is 1. The topological polar surface area (TPSA) is 69.3 Å². The van der Waals surface area contributed by atoms with Crippen LogP contribution < -0.4 is 5.56 Å². The summed E-state index contributed by atoms with van der Waals surface area (Å²) in [6, 6.07) is 12.0. The number of fused-ring (bicyclic) bond motifs is 1. The lowest BCUT2D eigenvalue weighted by molar-refractivity contribution is 0.0625. The first-order valence-electron chi connectivity index (χ1n) is 8.95. The van der Waals surface area contributed by atoms with Crippen molar-refractivity contribution in [2.75, 3.05) is 26.2 Å². The highest BCUT2D eigenvalue weighted by Crippen LogP contribution is 2.16. The molecule has 1 saturated heterocycles. The van der Waals surface area contributed by atoms with Crippen LogP contribution in [0.3, 0.4) is 0 Å². The molecule has 0 aliphatic carbocycles. The van der Waals surface area contributed by atoms with E-state index in [2.05, 4.69) is 14.9 Å². The van der Waals surface area contributed by atoms with E-state index >= 15 is 0 Å². The lowest BCUT2D eigenvalue weighted by Gasteiger charge is -2.34. The number of aromatic nitrogens is 2. The van der Waals surface area contributed by atoms with Crippen molar-refractivity contribution in [3.05, 3.63) is 74.3 Å². The zero-order chi connectivity index (χ0) is 19.7. The van der Waals surface area contributed by atoms with Crippen LogP contribution in [-0.4, -0.2) is 51.9 Å². The van der Waals surface area contributed by atoms with Gasteiger partial charge in [-0.1, -0.05) is 23.2 Å². The van der Waals surface area contributed by atoms with Crippen LogP contribution in [0, 0.1) is 0 Å². The minimum absolute atomic E-state index is 0.00503. The first-order valence-corrected chi connectivity index (χ1v) is 9.71. The van der Waals surface area contributed by atoms with Crippen LogP contribution in [0.5, 0.6) is 0 Å². The largest absolute Gasteiger partial charge is 0.336 e. The van der Waals surface area contributed by atoms with Gasteiger partial charge in [-0.15, -0.1) is 0 Å². The predicted octanol–water partition coefficient (Wildman–Crippen LogP) is 3.19. The number of carbonyl (C=O) groups is 1. The fourth-order valence-corrected chi connectivity index (χ4v) is 3.63. The first-order chi connectivity index (χ1) is 13.5. The Morgan fingerprint density at radius 1 is 1.00 bits per heavy atom. The first kappa shape index (κ1) is 18.9. The second-order valence-electron chi connectivity index (χ2n) is 6.75. The highest BCUT2D eigenvalue weighted by atomic mass is 35.5. The third-order valence-corrected chi connectivity index (χ3v) is 5.33. The molecule has 6 nitrogen and oxygen atoms in total. The van der Waals surface area contributed by atoms with Crippen LogP contribution >= 0.6 is 23.2 Å². The summed E-state index contributed by atoms with van der Waals surface area (Å²) >= 11 is 11.8. The molecule has 1 aliphatic rings. The quantitative estimate of drug-likeness (QED) is 0.711. The monoisotopic (exact) mass is 416 g/mol. The summed E-state index contributed by atoms with van der Waals surface area (Å²) in [4.78, 5) is 36.2. The summed E-state index contributed by atoms with van der Waals surface area (Å²) in [7, 11) is 0. The van der Waals surface area contributed by atoms with E-state index in [0.717, 1.165) is 0 Å². The molecular formula is C20H18Cl2N4O2. The summed E-state index contributed by atoms with van der Waals surface area (Å²) in [5.74, 6) is 0.614. The summed E-state index contributed by atoms with van der Waals surface area (Å²) in [6.45, 7) is 3.18. The van der Waals surface area contributed by atoms with E-state index in [1.54, 1.807) is 42.5 Å². The normalized spacial score (nSPS) is 15.1. The minimum atomic E-state index is -0.195. The van der Waals surface area contributed by atoms with E-state index in [4.69, 9.17) is 23.2 Å². The molecule has 2 heterocycles. The van der Waals surface area contributed by atoms with Crippen molar-refractivity contribution in [2.24, 2.45) is 0 Å². The third-order valence-electron chi connectivity index (χ3n) is 4.84. The predicted molar refractivity (Wildman–Crippen MR) is 110 cm³/mol. The minimum Gasteiger partial charge on any atom is -0.336 e. The van der Waals surface area contributed by atoms with E-state index in [1.807, 2.05) is 4.90 Å². The summed E-state index contributed by atoms with van der Waals surface area (Å²) in [5, 5.41) is 1.60. The average Bonchev–Trinajstić information content (AvgIpc) is 2.69. The van der Waals surface area contributed by atoms with Gasteiger partial charge < -0.3 is 9.88 Å². The summed E-state index contributed by atoms with van der Waals surface area (Å²) < 4.78 is 0. The SMILES string of the molecule is O=C(c1ccc(Cl)cc1)N1CCN(Cc2nc3ccc(Cl)cc3c(=O)[nH]2)CC1. The Hall–Kier alpha value is -2.41. The molecule has 1 N–H and O–H groups in total. The Labute approximate surface area is 171 Å². The maximum absolute atomic E-state index is 12.6. The Morgan fingerprint density at radius 2 is 1.68 bits per heavy atom. The van der Waals surface area contributed by atoms with Gasteiger partial charge in [0.2, 0.25) is 0 Å². The molecule has 0 radical (unpaired) electrons. The number of piperazine rings is 1. The summed E-state index contributed by atoms with van der Waals surface area (Å²) in [6.07, 6.45) is 0. The maximum atomic E-state index is 12.6. The summed E-state index contributed by atoms with van der Waals surface area (Å²) in [5.41, 5.74) is 1.07. The zero-order valence-corrected chi connectivity index (χ0v) is 16.5. The van der Waals surface area contributed by atoms with Crippen molar-refractivity contribution in [3.63, 3.8) is 0 Å². The highest BCUT2D eigenvalue weighted by molar-refractivity contribution is 6.31. The number of rotatable bonds is 3. The number of hydrogen-bond donors (Lipinski definition) is 1. The lowest BCUT2D eigenvalue weighted by atomic mass is 10.2. The molecule has 1 aliphatic heterocycles. The number of carbonyl (C=O) groups excluding carboxylic acids is 1. The molecule has 0 spiro atoms. The van der Waals surface area contributed by atoms with E-state index in [9.17, 15) is 9.59 Å². The van der Waals surface area contributed by atoms with Gasteiger partial charge in [-0.05, 0) is 42.5 Å². The van der Waals surface area contributed by atoms with Crippen LogP contribution in [0.1, 0.15) is 16.2 Å². The fraction of sp³-hybridized carbons (Fsp3) is 0.250. The number of amides is 1.